The molecule has 0 aliphatic rings. The molecule has 1 N–H and O–H groups in total. The second-order valence-electron chi connectivity index (χ2n) is 6.79. The van der Waals surface area contributed by atoms with Crippen molar-refractivity contribution in [2.75, 3.05) is 12.9 Å². The largest absolute Gasteiger partial charge is 0.497 e. The molecule has 7 nitrogen and oxygen atoms in total. The number of carbonyl (C=O) groups excluding carboxylic acids is 1. The molecular formula is C22H21N5O2S2. The Kier molecular flexibility index (Phi) is 6.63. The summed E-state index contributed by atoms with van der Waals surface area (Å²) in [6.45, 7) is 2.05. The second kappa shape index (κ2) is 9.76. The Morgan fingerprint density at radius 3 is 2.61 bits per heavy atom. The number of tetrazole rings is 1. The Morgan fingerprint density at radius 1 is 1.16 bits per heavy atom. The summed E-state index contributed by atoms with van der Waals surface area (Å²) in [5, 5.41) is 17.6. The van der Waals surface area contributed by atoms with Crippen molar-refractivity contribution in [1.82, 2.24) is 25.5 Å². The van der Waals surface area contributed by atoms with E-state index in [0.717, 1.165) is 21.9 Å². The van der Waals surface area contributed by atoms with Crippen LogP contribution in [0.2, 0.25) is 0 Å². The van der Waals surface area contributed by atoms with Gasteiger partial charge in [0.25, 0.3) is 0 Å². The Labute approximate surface area is 188 Å². The van der Waals surface area contributed by atoms with E-state index in [9.17, 15) is 4.79 Å². The second-order valence-corrected chi connectivity index (χ2v) is 8.71. The molecule has 158 valence electrons. The van der Waals surface area contributed by atoms with Crippen molar-refractivity contribution in [3.63, 3.8) is 0 Å². The van der Waals surface area contributed by atoms with E-state index in [-0.39, 0.29) is 17.7 Å². The third-order valence-corrected chi connectivity index (χ3v) is 6.49. The third kappa shape index (κ3) is 5.12. The van der Waals surface area contributed by atoms with Crippen LogP contribution in [0.5, 0.6) is 5.75 Å². The summed E-state index contributed by atoms with van der Waals surface area (Å²) in [6.07, 6.45) is 0. The molecule has 0 aliphatic heterocycles. The van der Waals surface area contributed by atoms with Gasteiger partial charge in [0, 0.05) is 4.88 Å². The van der Waals surface area contributed by atoms with Crippen molar-refractivity contribution in [2.45, 2.75) is 18.1 Å². The van der Waals surface area contributed by atoms with Crippen LogP contribution in [0.1, 0.15) is 22.0 Å². The molecule has 1 unspecified atom stereocenters. The molecule has 2 heterocycles. The summed E-state index contributed by atoms with van der Waals surface area (Å²) in [7, 11) is 1.62. The van der Waals surface area contributed by atoms with Crippen molar-refractivity contribution in [2.24, 2.45) is 0 Å². The maximum Gasteiger partial charge on any atom is 0.231 e. The van der Waals surface area contributed by atoms with E-state index in [1.807, 2.05) is 48.7 Å². The molecule has 4 aromatic rings. The minimum atomic E-state index is -0.189. The van der Waals surface area contributed by atoms with E-state index in [0.29, 0.717) is 5.16 Å². The predicted molar refractivity (Wildman–Crippen MR) is 122 cm³/mol. The molecule has 0 aliphatic carbocycles. The van der Waals surface area contributed by atoms with E-state index in [2.05, 4.69) is 45.1 Å². The van der Waals surface area contributed by atoms with E-state index in [1.54, 1.807) is 23.1 Å². The first kappa shape index (κ1) is 21.1. The van der Waals surface area contributed by atoms with Gasteiger partial charge in [0.05, 0.1) is 24.6 Å². The number of aromatic nitrogens is 4. The summed E-state index contributed by atoms with van der Waals surface area (Å²) >= 11 is 2.91. The van der Waals surface area contributed by atoms with Crippen LogP contribution in [-0.4, -0.2) is 39.0 Å². The highest BCUT2D eigenvalue weighted by Gasteiger charge is 2.19. The van der Waals surface area contributed by atoms with E-state index < -0.39 is 0 Å². The average molecular weight is 452 g/mol. The molecule has 0 bridgehead atoms. The number of thiophene rings is 1. The Hall–Kier alpha value is -3.17. The average Bonchev–Trinajstić information content (AvgIpc) is 3.49. The number of ether oxygens (including phenoxy) is 1. The van der Waals surface area contributed by atoms with Gasteiger partial charge in [-0.15, -0.1) is 16.4 Å². The smallest absolute Gasteiger partial charge is 0.231 e. The van der Waals surface area contributed by atoms with Gasteiger partial charge in [-0.3, -0.25) is 4.79 Å². The first-order chi connectivity index (χ1) is 15.1. The molecule has 9 heteroatoms. The number of hydrogen-bond acceptors (Lipinski definition) is 7. The molecule has 0 saturated heterocycles. The first-order valence-corrected chi connectivity index (χ1v) is 11.5. The van der Waals surface area contributed by atoms with Gasteiger partial charge in [0.15, 0.2) is 0 Å². The van der Waals surface area contributed by atoms with Crippen LogP contribution in [0.25, 0.3) is 5.69 Å². The van der Waals surface area contributed by atoms with Crippen molar-refractivity contribution in [3.05, 3.63) is 82.0 Å². The summed E-state index contributed by atoms with van der Waals surface area (Å²) < 4.78 is 6.79. The van der Waals surface area contributed by atoms with Crippen LogP contribution in [0.4, 0.5) is 0 Å². The van der Waals surface area contributed by atoms with E-state index in [1.165, 1.54) is 17.3 Å². The van der Waals surface area contributed by atoms with Gasteiger partial charge >= 0.3 is 0 Å². The van der Waals surface area contributed by atoms with Gasteiger partial charge in [-0.25, -0.2) is 0 Å². The number of carbonyl (C=O) groups is 1. The number of rotatable bonds is 8. The van der Waals surface area contributed by atoms with Crippen molar-refractivity contribution in [1.29, 1.82) is 0 Å². The molecule has 2 aromatic heterocycles. The highest BCUT2D eigenvalue weighted by atomic mass is 32.2. The van der Waals surface area contributed by atoms with Gasteiger partial charge in [0.2, 0.25) is 11.1 Å². The van der Waals surface area contributed by atoms with Gasteiger partial charge in [0.1, 0.15) is 5.75 Å². The zero-order valence-corrected chi connectivity index (χ0v) is 18.7. The standard InChI is InChI=1S/C22H21N5O2S2/c1-15-5-7-16(8-6-15)21(19-4-3-13-30-19)23-20(28)14-31-22-24-25-26-27(22)17-9-11-18(29-2)12-10-17/h3-13,21H,14H2,1-2H3,(H,23,28). The number of benzene rings is 2. The fourth-order valence-corrected chi connectivity index (χ4v) is 4.52. The van der Waals surface area contributed by atoms with E-state index >= 15 is 0 Å². The molecule has 0 saturated carbocycles. The molecule has 0 radical (unpaired) electrons. The summed E-state index contributed by atoms with van der Waals surface area (Å²) in [5.41, 5.74) is 3.03. The monoisotopic (exact) mass is 451 g/mol. The number of amides is 1. The third-order valence-electron chi connectivity index (χ3n) is 4.63. The van der Waals surface area contributed by atoms with Gasteiger partial charge < -0.3 is 10.1 Å². The lowest BCUT2D eigenvalue weighted by Crippen LogP contribution is -2.30. The normalized spacial score (nSPS) is 11.8. The minimum absolute atomic E-state index is 0.0896. The lowest BCUT2D eigenvalue weighted by Gasteiger charge is -2.18. The maximum absolute atomic E-state index is 12.8. The van der Waals surface area contributed by atoms with Crippen LogP contribution >= 0.6 is 23.1 Å². The zero-order chi connectivity index (χ0) is 21.6. The number of hydrogen-bond donors (Lipinski definition) is 1. The molecule has 31 heavy (non-hydrogen) atoms. The van der Waals surface area contributed by atoms with Crippen molar-refractivity contribution in [3.8, 4) is 11.4 Å². The molecular weight excluding hydrogens is 430 g/mol. The molecule has 0 fully saturated rings. The van der Waals surface area contributed by atoms with Crippen LogP contribution in [0.3, 0.4) is 0 Å². The van der Waals surface area contributed by atoms with Crippen molar-refractivity contribution < 1.29 is 9.53 Å². The van der Waals surface area contributed by atoms with Gasteiger partial charge in [-0.05, 0) is 58.6 Å². The maximum atomic E-state index is 12.8. The predicted octanol–water partition coefficient (Wildman–Crippen LogP) is 4.04. The lowest BCUT2D eigenvalue weighted by molar-refractivity contribution is -0.119. The highest BCUT2D eigenvalue weighted by molar-refractivity contribution is 7.99. The Morgan fingerprint density at radius 2 is 1.94 bits per heavy atom. The lowest BCUT2D eigenvalue weighted by atomic mass is 10.0. The minimum Gasteiger partial charge on any atom is -0.497 e. The summed E-state index contributed by atoms with van der Waals surface area (Å²) in [5.74, 6) is 0.860. The molecule has 4 rings (SSSR count). The first-order valence-electron chi connectivity index (χ1n) is 9.59. The SMILES string of the molecule is COc1ccc(-n2nnnc2SCC(=O)NC(c2ccc(C)cc2)c2cccs2)cc1. The quantitative estimate of drug-likeness (QED) is 0.407. The summed E-state index contributed by atoms with van der Waals surface area (Å²) in [4.78, 5) is 13.9. The number of methoxy groups -OCH3 is 1. The van der Waals surface area contributed by atoms with Gasteiger partial charge in [-0.2, -0.15) is 4.68 Å². The Balaban J connectivity index is 1.45. The van der Waals surface area contributed by atoms with Crippen LogP contribution < -0.4 is 10.1 Å². The van der Waals surface area contributed by atoms with Crippen LogP contribution in [0.15, 0.2) is 71.2 Å². The van der Waals surface area contributed by atoms with Gasteiger partial charge in [-0.1, -0.05) is 47.7 Å². The molecule has 1 amide bonds. The van der Waals surface area contributed by atoms with E-state index in [4.69, 9.17) is 4.74 Å². The van der Waals surface area contributed by atoms with Crippen LogP contribution in [-0.2, 0) is 4.79 Å². The van der Waals surface area contributed by atoms with Crippen LogP contribution in [0, 0.1) is 6.92 Å². The number of nitrogens with one attached hydrogen (secondary N) is 1. The zero-order valence-electron chi connectivity index (χ0n) is 17.1. The summed E-state index contributed by atoms with van der Waals surface area (Å²) in [6, 6.07) is 19.5. The number of aryl methyl sites for hydroxylation is 1. The Bertz CT molecular complexity index is 1130. The number of nitrogens with zero attached hydrogens (tertiary/aromatic N) is 4. The number of thioether (sulfide) groups is 1. The fraction of sp³-hybridized carbons (Fsp3) is 0.182. The molecule has 2 aromatic carbocycles. The molecule has 1 atom stereocenters. The topological polar surface area (TPSA) is 81.9 Å². The highest BCUT2D eigenvalue weighted by Crippen LogP contribution is 2.27. The fourth-order valence-electron chi connectivity index (χ4n) is 3.02. The molecule has 0 spiro atoms. The van der Waals surface area contributed by atoms with Crippen molar-refractivity contribution >= 4 is 29.0 Å².